The predicted molar refractivity (Wildman–Crippen MR) is 97.4 cm³/mol. The maximum absolute atomic E-state index is 6.18. The normalized spacial score (nSPS) is 11.6. The van der Waals surface area contributed by atoms with Crippen LogP contribution in [0.25, 0.3) is 33.1 Å². The fraction of sp³-hybridized carbons (Fsp3) is 0.111. The molecule has 0 aliphatic rings. The van der Waals surface area contributed by atoms with E-state index in [1.165, 1.54) is 0 Å². The maximum Gasteiger partial charge on any atom is 0.135 e. The van der Waals surface area contributed by atoms with Crippen molar-refractivity contribution in [2.45, 2.75) is 13.5 Å². The fourth-order valence-corrected chi connectivity index (χ4v) is 3.15. The zero-order chi connectivity index (χ0) is 17.7. The number of fused-ring (bicyclic) bond motifs is 3. The van der Waals surface area contributed by atoms with Crippen molar-refractivity contribution in [2.24, 2.45) is 0 Å². The van der Waals surface area contributed by atoms with Gasteiger partial charge in [-0.15, -0.1) is 0 Å². The third-order valence-electron chi connectivity index (χ3n) is 4.34. The van der Waals surface area contributed by atoms with Gasteiger partial charge in [0.2, 0.25) is 0 Å². The van der Waals surface area contributed by atoms with Crippen molar-refractivity contribution in [1.29, 1.82) is 0 Å². The van der Waals surface area contributed by atoms with Crippen LogP contribution in [0.2, 0.25) is 0 Å². The van der Waals surface area contributed by atoms with Gasteiger partial charge >= 0.3 is 0 Å². The second kappa shape index (κ2) is 5.41. The number of aryl methyl sites for hydroxylation is 1. The van der Waals surface area contributed by atoms with E-state index in [0.717, 1.165) is 44.5 Å². The summed E-state index contributed by atoms with van der Waals surface area (Å²) >= 11 is 0. The lowest BCUT2D eigenvalue weighted by molar-refractivity contribution is 0.388. The van der Waals surface area contributed by atoms with Gasteiger partial charge in [0.25, 0.3) is 0 Å². The molecule has 4 heterocycles. The quantitative estimate of drug-likeness (QED) is 0.520. The van der Waals surface area contributed by atoms with Crippen molar-refractivity contribution in [3.63, 3.8) is 0 Å². The average Bonchev–Trinajstić information content (AvgIpc) is 3.36. The van der Waals surface area contributed by atoms with Crippen LogP contribution in [-0.4, -0.2) is 30.1 Å². The minimum atomic E-state index is 0.455. The Labute approximate surface area is 147 Å². The van der Waals surface area contributed by atoms with E-state index < -0.39 is 0 Å². The van der Waals surface area contributed by atoms with Gasteiger partial charge in [0, 0.05) is 29.4 Å². The Bertz CT molecular complexity index is 1230. The fourth-order valence-electron chi connectivity index (χ4n) is 3.15. The molecule has 0 spiro atoms. The van der Waals surface area contributed by atoms with Gasteiger partial charge in [0.1, 0.15) is 22.8 Å². The highest BCUT2D eigenvalue weighted by atomic mass is 16.5. The molecule has 0 radical (unpaired) electrons. The van der Waals surface area contributed by atoms with E-state index in [4.69, 9.17) is 15.4 Å². The van der Waals surface area contributed by atoms with E-state index in [1.54, 1.807) is 6.20 Å². The zero-order valence-corrected chi connectivity index (χ0v) is 14.0. The Kier molecular flexibility index (Phi) is 3.05. The number of pyridine rings is 1. The molecule has 128 valence electrons. The van der Waals surface area contributed by atoms with Crippen molar-refractivity contribution < 1.29 is 4.52 Å². The molecular formula is C18H15N7O. The van der Waals surface area contributed by atoms with Gasteiger partial charge in [-0.1, -0.05) is 11.2 Å². The first-order valence-electron chi connectivity index (χ1n) is 8.16. The summed E-state index contributed by atoms with van der Waals surface area (Å²) in [5.74, 6) is 1.23. The van der Waals surface area contributed by atoms with Crippen LogP contribution in [0.1, 0.15) is 11.5 Å². The Balaban J connectivity index is 1.64. The van der Waals surface area contributed by atoms with Crippen LogP contribution in [0, 0.1) is 6.92 Å². The van der Waals surface area contributed by atoms with Crippen LogP contribution in [0.4, 0.5) is 5.82 Å². The number of nitrogens with zero attached hydrogens (tertiary/aromatic N) is 5. The minimum Gasteiger partial charge on any atom is -0.383 e. The van der Waals surface area contributed by atoms with Crippen LogP contribution in [0.3, 0.4) is 0 Å². The molecule has 5 rings (SSSR count). The van der Waals surface area contributed by atoms with Crippen molar-refractivity contribution in [2.75, 3.05) is 5.73 Å². The number of hydrogen-bond acceptors (Lipinski definition) is 6. The van der Waals surface area contributed by atoms with E-state index in [2.05, 4.69) is 20.3 Å². The molecule has 8 heteroatoms. The van der Waals surface area contributed by atoms with Gasteiger partial charge in [0.15, 0.2) is 0 Å². The Morgan fingerprint density at radius 2 is 2.12 bits per heavy atom. The van der Waals surface area contributed by atoms with E-state index in [1.807, 2.05) is 48.1 Å². The zero-order valence-electron chi connectivity index (χ0n) is 14.0. The monoisotopic (exact) mass is 345 g/mol. The molecule has 0 aliphatic carbocycles. The van der Waals surface area contributed by atoms with Crippen LogP contribution in [-0.2, 0) is 6.54 Å². The molecule has 0 bridgehead atoms. The molecular weight excluding hydrogens is 330 g/mol. The Morgan fingerprint density at radius 3 is 2.88 bits per heavy atom. The third-order valence-corrected chi connectivity index (χ3v) is 4.34. The van der Waals surface area contributed by atoms with Crippen molar-refractivity contribution in [3.8, 4) is 11.3 Å². The summed E-state index contributed by atoms with van der Waals surface area (Å²) in [5.41, 5.74) is 10.5. The smallest absolute Gasteiger partial charge is 0.135 e. The van der Waals surface area contributed by atoms with E-state index in [0.29, 0.717) is 12.4 Å². The number of nitrogen functional groups attached to an aromatic ring is 1. The average molecular weight is 345 g/mol. The summed E-state index contributed by atoms with van der Waals surface area (Å²) in [6.45, 7) is 2.38. The Morgan fingerprint density at radius 1 is 1.19 bits per heavy atom. The summed E-state index contributed by atoms with van der Waals surface area (Å²) in [7, 11) is 0. The predicted octanol–water partition coefficient (Wildman–Crippen LogP) is 2.90. The molecule has 0 fully saturated rings. The van der Waals surface area contributed by atoms with E-state index in [-0.39, 0.29) is 0 Å². The van der Waals surface area contributed by atoms with Gasteiger partial charge in [-0.05, 0) is 25.1 Å². The van der Waals surface area contributed by atoms with Crippen molar-refractivity contribution >= 4 is 27.6 Å². The van der Waals surface area contributed by atoms with E-state index >= 15 is 0 Å². The van der Waals surface area contributed by atoms with Gasteiger partial charge < -0.3 is 10.3 Å². The molecule has 0 saturated carbocycles. The number of rotatable bonds is 3. The number of nitrogens with two attached hydrogens (primary N) is 1. The second-order valence-corrected chi connectivity index (χ2v) is 6.22. The van der Waals surface area contributed by atoms with Gasteiger partial charge in [-0.3, -0.25) is 9.78 Å². The van der Waals surface area contributed by atoms with Crippen LogP contribution in [0.15, 0.2) is 47.2 Å². The van der Waals surface area contributed by atoms with E-state index in [9.17, 15) is 0 Å². The lowest BCUT2D eigenvalue weighted by atomic mass is 10.1. The second-order valence-electron chi connectivity index (χ2n) is 6.22. The maximum atomic E-state index is 6.18. The summed E-state index contributed by atoms with van der Waals surface area (Å²) in [4.78, 5) is 4.55. The molecule has 3 N–H and O–H groups in total. The molecule has 1 aromatic carbocycles. The summed E-state index contributed by atoms with van der Waals surface area (Å²) < 4.78 is 6.92. The SMILES string of the molecule is Cc1cc(Cn2cc3c(N)nc4cc(-c5ccn[nH]5)ccc4c3n2)no1. The highest BCUT2D eigenvalue weighted by molar-refractivity contribution is 6.08. The molecule has 26 heavy (non-hydrogen) atoms. The molecule has 8 nitrogen and oxygen atoms in total. The number of hydrogen-bond donors (Lipinski definition) is 2. The summed E-state index contributed by atoms with van der Waals surface area (Å²) in [5, 5.41) is 17.4. The number of anilines is 1. The number of aromatic amines is 1. The number of nitrogens with one attached hydrogen (secondary N) is 1. The lowest BCUT2D eigenvalue weighted by Crippen LogP contribution is -1.99. The number of H-pyrrole nitrogens is 1. The van der Waals surface area contributed by atoms with Gasteiger partial charge in [0.05, 0.1) is 23.1 Å². The topological polar surface area (TPSA) is 111 Å². The van der Waals surface area contributed by atoms with Crippen molar-refractivity contribution in [3.05, 3.63) is 54.2 Å². The molecule has 0 unspecified atom stereocenters. The van der Waals surface area contributed by atoms with Crippen LogP contribution < -0.4 is 5.73 Å². The first-order valence-corrected chi connectivity index (χ1v) is 8.16. The standard InChI is InChI=1S/C18H15N7O/c1-10-6-12(24-26-10)8-25-9-14-17(23-25)13-3-2-11(15-4-5-20-22-15)7-16(13)21-18(14)19/h2-7,9H,8H2,1H3,(H2,19,21)(H,20,22). The highest BCUT2D eigenvalue weighted by Crippen LogP contribution is 2.29. The first kappa shape index (κ1) is 14.6. The summed E-state index contributed by atoms with van der Waals surface area (Å²) in [6.07, 6.45) is 3.61. The number of aromatic nitrogens is 6. The largest absolute Gasteiger partial charge is 0.383 e. The van der Waals surface area contributed by atoms with Gasteiger partial charge in [-0.25, -0.2) is 4.98 Å². The van der Waals surface area contributed by atoms with Gasteiger partial charge in [-0.2, -0.15) is 10.2 Å². The minimum absolute atomic E-state index is 0.455. The van der Waals surface area contributed by atoms with Crippen LogP contribution >= 0.6 is 0 Å². The molecule has 0 atom stereocenters. The molecule has 4 aromatic heterocycles. The highest BCUT2D eigenvalue weighted by Gasteiger charge is 2.13. The number of benzene rings is 1. The van der Waals surface area contributed by atoms with Crippen molar-refractivity contribution in [1.82, 2.24) is 30.1 Å². The molecule has 5 aromatic rings. The Hall–Kier alpha value is -3.68. The lowest BCUT2D eigenvalue weighted by Gasteiger charge is -2.03. The first-order chi connectivity index (χ1) is 12.7. The summed E-state index contributed by atoms with van der Waals surface area (Å²) in [6, 6.07) is 9.82. The molecule has 0 aliphatic heterocycles. The molecule has 0 saturated heterocycles. The third kappa shape index (κ3) is 2.31. The molecule has 0 amide bonds. The van der Waals surface area contributed by atoms with Crippen LogP contribution in [0.5, 0.6) is 0 Å².